The van der Waals surface area contributed by atoms with Gasteiger partial charge in [0.15, 0.2) is 10.3 Å². The summed E-state index contributed by atoms with van der Waals surface area (Å²) in [6.07, 6.45) is 6.42. The number of benzene rings is 3. The van der Waals surface area contributed by atoms with Gasteiger partial charge in [-0.2, -0.15) is 8.61 Å². The van der Waals surface area contributed by atoms with E-state index in [0.717, 1.165) is 74.0 Å². The van der Waals surface area contributed by atoms with Crippen molar-refractivity contribution in [1.82, 2.24) is 18.6 Å². The highest BCUT2D eigenvalue weighted by molar-refractivity contribution is 7.93. The minimum Gasteiger partial charge on any atom is -0.298 e. The molecule has 2 aromatic heterocycles. The van der Waals surface area contributed by atoms with Crippen molar-refractivity contribution in [2.75, 3.05) is 36.2 Å². The topological polar surface area (TPSA) is 176 Å². The van der Waals surface area contributed by atoms with Crippen molar-refractivity contribution in [3.8, 4) is 0 Å². The van der Waals surface area contributed by atoms with Crippen LogP contribution in [0.25, 0.3) is 20.4 Å². The first-order chi connectivity index (χ1) is 26.2. The molecule has 0 fully saturated rings. The van der Waals surface area contributed by atoms with Crippen LogP contribution in [-0.4, -0.2) is 75.9 Å². The van der Waals surface area contributed by atoms with Crippen LogP contribution >= 0.6 is 22.7 Å². The Hall–Kier alpha value is -3.52. The lowest BCUT2D eigenvalue weighted by Crippen LogP contribution is -2.33. The SMILES string of the molecule is CCCCN(CCCC)S(=O)(=O)c1ccc2nc(NC(=O)c3ccccc3S(=O)(=O)Nc3nc4ccc(S(=O)(=O)N(CCCC)CCCC)cc4s3)sc2c1. The van der Waals surface area contributed by atoms with Gasteiger partial charge in [0, 0.05) is 26.2 Å². The molecule has 0 bridgehead atoms. The summed E-state index contributed by atoms with van der Waals surface area (Å²) in [5, 5.41) is 2.86. The number of nitrogens with one attached hydrogen (secondary N) is 2. The van der Waals surface area contributed by atoms with Crippen molar-refractivity contribution in [3.63, 3.8) is 0 Å². The van der Waals surface area contributed by atoms with Crippen LogP contribution in [0.1, 0.15) is 89.4 Å². The Morgan fingerprint density at radius 3 is 1.53 bits per heavy atom. The van der Waals surface area contributed by atoms with Crippen molar-refractivity contribution >= 4 is 89.3 Å². The van der Waals surface area contributed by atoms with Gasteiger partial charge in [-0.05, 0) is 74.2 Å². The maximum Gasteiger partial charge on any atom is 0.264 e. The standard InChI is InChI=1S/C37H48N6O7S5/c1-5-9-21-42(22-10-6-2)54(47,48)27-17-19-30-32(25-27)51-36(38-30)40-35(44)29-15-13-14-16-34(29)53(45,46)41-37-39-31-20-18-28(26-33(31)52-37)55(49,50)43(23-11-7-3)24-12-8-4/h13-20,25-26H,5-12,21-24H2,1-4H3,(H,39,41)(H,38,40,44). The zero-order valence-electron chi connectivity index (χ0n) is 31.4. The summed E-state index contributed by atoms with van der Waals surface area (Å²) in [6, 6.07) is 14.9. The largest absolute Gasteiger partial charge is 0.298 e. The Morgan fingerprint density at radius 1 is 0.618 bits per heavy atom. The van der Waals surface area contributed by atoms with Crippen LogP contribution in [0.4, 0.5) is 10.3 Å². The van der Waals surface area contributed by atoms with Crippen LogP contribution in [-0.2, 0) is 30.1 Å². The van der Waals surface area contributed by atoms with E-state index in [1.807, 2.05) is 27.7 Å². The molecule has 0 atom stereocenters. The number of unbranched alkanes of at least 4 members (excludes halogenated alkanes) is 4. The van der Waals surface area contributed by atoms with E-state index in [4.69, 9.17) is 0 Å². The van der Waals surface area contributed by atoms with E-state index in [1.165, 1.54) is 51.1 Å². The third-order valence-corrected chi connectivity index (χ3v) is 16.1. The van der Waals surface area contributed by atoms with Gasteiger partial charge in [0.2, 0.25) is 20.0 Å². The monoisotopic (exact) mass is 848 g/mol. The number of fused-ring (bicyclic) bond motifs is 2. The molecule has 0 saturated heterocycles. The summed E-state index contributed by atoms with van der Waals surface area (Å²) in [5.41, 5.74) is 0.758. The van der Waals surface area contributed by atoms with Crippen LogP contribution in [0.5, 0.6) is 0 Å². The first kappa shape index (κ1) is 42.6. The molecule has 0 spiro atoms. The number of anilines is 2. The van der Waals surface area contributed by atoms with Crippen molar-refractivity contribution in [2.45, 2.75) is 93.7 Å². The third kappa shape index (κ3) is 10.1. The van der Waals surface area contributed by atoms with Gasteiger partial charge in [0.1, 0.15) is 4.90 Å². The molecule has 0 aliphatic carbocycles. The molecule has 0 aliphatic rings. The van der Waals surface area contributed by atoms with E-state index < -0.39 is 36.0 Å². The van der Waals surface area contributed by atoms with E-state index in [9.17, 15) is 30.0 Å². The second-order valence-corrected chi connectivity index (χ2v) is 20.7. The van der Waals surface area contributed by atoms with Gasteiger partial charge in [-0.1, -0.05) is 88.2 Å². The van der Waals surface area contributed by atoms with Gasteiger partial charge in [-0.3, -0.25) is 14.8 Å². The molecule has 3 aromatic carbocycles. The summed E-state index contributed by atoms with van der Waals surface area (Å²) in [4.78, 5) is 22.4. The zero-order valence-corrected chi connectivity index (χ0v) is 35.5. The number of aromatic nitrogens is 2. The predicted octanol–water partition coefficient (Wildman–Crippen LogP) is 8.14. The number of hydrogen-bond acceptors (Lipinski definition) is 11. The maximum absolute atomic E-state index is 13.7. The lowest BCUT2D eigenvalue weighted by Gasteiger charge is -2.21. The van der Waals surface area contributed by atoms with Gasteiger partial charge < -0.3 is 0 Å². The van der Waals surface area contributed by atoms with Crippen molar-refractivity contribution in [3.05, 3.63) is 66.2 Å². The second kappa shape index (κ2) is 18.6. The molecule has 0 radical (unpaired) electrons. The number of nitrogens with zero attached hydrogens (tertiary/aromatic N) is 4. The molecular weight excluding hydrogens is 801 g/mol. The van der Waals surface area contributed by atoms with E-state index >= 15 is 0 Å². The molecule has 0 aliphatic heterocycles. The van der Waals surface area contributed by atoms with Crippen molar-refractivity contribution < 1.29 is 30.0 Å². The van der Waals surface area contributed by atoms with E-state index in [2.05, 4.69) is 20.0 Å². The molecular formula is C37H48N6O7S5. The average Bonchev–Trinajstić information content (AvgIpc) is 3.76. The predicted molar refractivity (Wildman–Crippen MR) is 222 cm³/mol. The fourth-order valence-electron chi connectivity index (χ4n) is 5.79. The smallest absolute Gasteiger partial charge is 0.264 e. The second-order valence-electron chi connectivity index (χ2n) is 13.1. The molecule has 2 heterocycles. The Kier molecular flexibility index (Phi) is 14.4. The Balaban J connectivity index is 1.35. The average molecular weight is 849 g/mol. The number of thiazole rings is 2. The molecule has 13 nitrogen and oxygen atoms in total. The zero-order chi connectivity index (χ0) is 39.8. The summed E-state index contributed by atoms with van der Waals surface area (Å²) in [5.74, 6) is -0.729. The Bertz CT molecular complexity index is 2430. The van der Waals surface area contributed by atoms with Crippen molar-refractivity contribution in [2.24, 2.45) is 0 Å². The molecule has 298 valence electrons. The molecule has 5 aromatic rings. The Morgan fingerprint density at radius 2 is 1.05 bits per heavy atom. The molecule has 0 unspecified atom stereocenters. The van der Waals surface area contributed by atoms with Gasteiger partial charge in [0.25, 0.3) is 15.9 Å². The number of hydrogen-bond donors (Lipinski definition) is 2. The molecule has 5 rings (SSSR count). The van der Waals surface area contributed by atoms with E-state index in [0.29, 0.717) is 46.6 Å². The molecule has 55 heavy (non-hydrogen) atoms. The van der Waals surface area contributed by atoms with Gasteiger partial charge in [-0.25, -0.2) is 35.2 Å². The molecule has 2 N–H and O–H groups in total. The van der Waals surface area contributed by atoms with Crippen molar-refractivity contribution in [1.29, 1.82) is 0 Å². The quantitative estimate of drug-likeness (QED) is 0.0738. The first-order valence-electron chi connectivity index (χ1n) is 18.5. The Labute approximate surface area is 332 Å². The maximum atomic E-state index is 13.7. The first-order valence-corrected chi connectivity index (χ1v) is 24.5. The molecule has 1 amide bonds. The fraction of sp³-hybridized carbons (Fsp3) is 0.432. The van der Waals surface area contributed by atoms with Crippen LogP contribution in [0, 0.1) is 0 Å². The van der Waals surface area contributed by atoms with Gasteiger partial charge in [-0.15, -0.1) is 0 Å². The number of carbonyl (C=O) groups excluding carboxylic acids is 1. The van der Waals surface area contributed by atoms with Crippen LogP contribution in [0.2, 0.25) is 0 Å². The van der Waals surface area contributed by atoms with Gasteiger partial charge in [0.05, 0.1) is 35.8 Å². The van der Waals surface area contributed by atoms with Crippen LogP contribution in [0.15, 0.2) is 75.4 Å². The normalized spacial score (nSPS) is 12.6. The lowest BCUT2D eigenvalue weighted by molar-refractivity contribution is 0.102. The highest BCUT2D eigenvalue weighted by atomic mass is 32.2. The number of rotatable bonds is 21. The number of amides is 1. The number of sulfonamides is 3. The van der Waals surface area contributed by atoms with Crippen LogP contribution in [0.3, 0.4) is 0 Å². The van der Waals surface area contributed by atoms with Crippen LogP contribution < -0.4 is 10.0 Å². The molecule has 0 saturated carbocycles. The summed E-state index contributed by atoms with van der Waals surface area (Å²) < 4.78 is 88.2. The van der Waals surface area contributed by atoms with Gasteiger partial charge >= 0.3 is 0 Å². The highest BCUT2D eigenvalue weighted by Crippen LogP contribution is 2.33. The van der Waals surface area contributed by atoms with E-state index in [1.54, 1.807) is 18.2 Å². The minimum absolute atomic E-state index is 0.00784. The number of carbonyl (C=O) groups is 1. The lowest BCUT2D eigenvalue weighted by atomic mass is 10.2. The summed E-state index contributed by atoms with van der Waals surface area (Å²) in [6.45, 7) is 9.74. The fourth-order valence-corrected chi connectivity index (χ4v) is 12.3. The third-order valence-electron chi connectivity index (χ3n) is 8.90. The summed E-state index contributed by atoms with van der Waals surface area (Å²) in [7, 11) is -11.9. The molecule has 18 heteroatoms. The summed E-state index contributed by atoms with van der Waals surface area (Å²) >= 11 is 2.07. The minimum atomic E-state index is -4.35. The van der Waals surface area contributed by atoms with E-state index in [-0.39, 0.29) is 30.5 Å². The highest BCUT2D eigenvalue weighted by Gasteiger charge is 2.28.